The molecule has 0 aromatic heterocycles. The minimum Gasteiger partial charge on any atom is -0.480 e. The molecule has 96 valence electrons. The number of halogens is 2. The van der Waals surface area contributed by atoms with Crippen molar-refractivity contribution in [2.24, 2.45) is 0 Å². The second-order valence-electron chi connectivity index (χ2n) is 4.52. The van der Waals surface area contributed by atoms with E-state index in [9.17, 15) is 13.6 Å². The van der Waals surface area contributed by atoms with Gasteiger partial charge in [0.1, 0.15) is 5.54 Å². The van der Waals surface area contributed by atoms with Crippen LogP contribution in [0.5, 0.6) is 0 Å². The van der Waals surface area contributed by atoms with Crippen LogP contribution in [0.25, 0.3) is 0 Å². The predicted molar refractivity (Wildman–Crippen MR) is 57.8 cm³/mol. The van der Waals surface area contributed by atoms with Gasteiger partial charge < -0.3 is 5.11 Å². The second kappa shape index (κ2) is 6.10. The molecule has 1 atom stereocenters. The van der Waals surface area contributed by atoms with Crippen molar-refractivity contribution >= 4 is 5.97 Å². The Morgan fingerprint density at radius 2 is 2.00 bits per heavy atom. The van der Waals surface area contributed by atoms with Gasteiger partial charge in [-0.3, -0.25) is 15.0 Å². The van der Waals surface area contributed by atoms with Gasteiger partial charge in [0.15, 0.2) is 0 Å². The standard InChI is InChI=1S/C10H20F2N2O2/c1-7(2)13-10(3,9(15)16)6-14(4)5-8(11)12/h7-8,13H,5-6H2,1-4H3,(H,15,16). The molecule has 6 heteroatoms. The van der Waals surface area contributed by atoms with Gasteiger partial charge in [0.2, 0.25) is 0 Å². The van der Waals surface area contributed by atoms with Crippen LogP contribution >= 0.6 is 0 Å². The van der Waals surface area contributed by atoms with Crippen molar-refractivity contribution in [1.82, 2.24) is 10.2 Å². The summed E-state index contributed by atoms with van der Waals surface area (Å²) >= 11 is 0. The molecule has 0 aromatic rings. The molecule has 0 aliphatic rings. The van der Waals surface area contributed by atoms with E-state index in [-0.39, 0.29) is 12.6 Å². The van der Waals surface area contributed by atoms with Crippen molar-refractivity contribution in [2.45, 2.75) is 38.8 Å². The van der Waals surface area contributed by atoms with Crippen molar-refractivity contribution in [3.8, 4) is 0 Å². The van der Waals surface area contributed by atoms with E-state index < -0.39 is 24.5 Å². The third-order valence-corrected chi connectivity index (χ3v) is 2.12. The van der Waals surface area contributed by atoms with E-state index in [2.05, 4.69) is 5.32 Å². The molecular weight excluding hydrogens is 218 g/mol. The molecule has 0 aromatic carbocycles. The third kappa shape index (κ3) is 5.37. The summed E-state index contributed by atoms with van der Waals surface area (Å²) in [6, 6.07) is -0.0268. The van der Waals surface area contributed by atoms with Crippen LogP contribution in [0, 0.1) is 0 Å². The first kappa shape index (κ1) is 15.2. The molecular formula is C10H20F2N2O2. The molecule has 0 radical (unpaired) electrons. The number of hydrogen-bond donors (Lipinski definition) is 2. The lowest BCUT2D eigenvalue weighted by molar-refractivity contribution is -0.145. The Kier molecular flexibility index (Phi) is 5.81. The van der Waals surface area contributed by atoms with Crippen LogP contribution in [-0.2, 0) is 4.79 Å². The molecule has 0 saturated carbocycles. The fourth-order valence-corrected chi connectivity index (χ4v) is 1.65. The first-order chi connectivity index (χ1) is 7.17. The quantitative estimate of drug-likeness (QED) is 0.695. The van der Waals surface area contributed by atoms with E-state index in [4.69, 9.17) is 5.11 Å². The monoisotopic (exact) mass is 238 g/mol. The first-order valence-corrected chi connectivity index (χ1v) is 5.15. The molecule has 0 saturated heterocycles. The Labute approximate surface area is 94.6 Å². The lowest BCUT2D eigenvalue weighted by Crippen LogP contribution is -2.58. The number of aliphatic carboxylic acids is 1. The van der Waals surface area contributed by atoms with E-state index in [1.807, 2.05) is 13.8 Å². The van der Waals surface area contributed by atoms with E-state index in [0.717, 1.165) is 0 Å². The highest BCUT2D eigenvalue weighted by Gasteiger charge is 2.35. The van der Waals surface area contributed by atoms with Gasteiger partial charge in [-0.2, -0.15) is 0 Å². The predicted octanol–water partition coefficient (Wildman–Crippen LogP) is 1.02. The van der Waals surface area contributed by atoms with Crippen LogP contribution in [0.15, 0.2) is 0 Å². The van der Waals surface area contributed by atoms with Gasteiger partial charge in [-0.1, -0.05) is 0 Å². The topological polar surface area (TPSA) is 52.6 Å². The molecule has 1 unspecified atom stereocenters. The molecule has 2 N–H and O–H groups in total. The maximum Gasteiger partial charge on any atom is 0.324 e. The highest BCUT2D eigenvalue weighted by molar-refractivity contribution is 5.78. The first-order valence-electron chi connectivity index (χ1n) is 5.15. The molecule has 0 fully saturated rings. The average Bonchev–Trinajstić information content (AvgIpc) is 1.98. The Hall–Kier alpha value is -0.750. The summed E-state index contributed by atoms with van der Waals surface area (Å²) in [6.07, 6.45) is -2.46. The Balaban J connectivity index is 4.49. The average molecular weight is 238 g/mol. The second-order valence-corrected chi connectivity index (χ2v) is 4.52. The molecule has 16 heavy (non-hydrogen) atoms. The van der Waals surface area contributed by atoms with Gasteiger partial charge in [0.25, 0.3) is 6.43 Å². The summed E-state index contributed by atoms with van der Waals surface area (Å²) < 4.78 is 24.2. The van der Waals surface area contributed by atoms with E-state index >= 15 is 0 Å². The number of nitrogens with zero attached hydrogens (tertiary/aromatic N) is 1. The van der Waals surface area contributed by atoms with E-state index in [1.165, 1.54) is 18.9 Å². The zero-order chi connectivity index (χ0) is 12.9. The molecule has 0 bridgehead atoms. The minimum atomic E-state index is -2.46. The lowest BCUT2D eigenvalue weighted by atomic mass is 10.0. The summed E-state index contributed by atoms with van der Waals surface area (Å²) in [6.45, 7) is 4.73. The summed E-state index contributed by atoms with van der Waals surface area (Å²) in [7, 11) is 1.48. The molecule has 0 amide bonds. The lowest BCUT2D eigenvalue weighted by Gasteiger charge is -2.32. The van der Waals surface area contributed by atoms with Crippen LogP contribution in [0.1, 0.15) is 20.8 Å². The number of carboxylic acids is 1. The van der Waals surface area contributed by atoms with Crippen molar-refractivity contribution in [2.75, 3.05) is 20.1 Å². The molecule has 0 aliphatic carbocycles. The number of hydrogen-bond acceptors (Lipinski definition) is 3. The largest absolute Gasteiger partial charge is 0.480 e. The normalized spacial score (nSPS) is 15.8. The Bertz CT molecular complexity index is 237. The zero-order valence-electron chi connectivity index (χ0n) is 10.1. The fourth-order valence-electron chi connectivity index (χ4n) is 1.65. The summed E-state index contributed by atoms with van der Waals surface area (Å²) in [5, 5.41) is 12.0. The van der Waals surface area contributed by atoms with Crippen LogP contribution in [0.4, 0.5) is 8.78 Å². The molecule has 0 aliphatic heterocycles. The van der Waals surface area contributed by atoms with Crippen LogP contribution < -0.4 is 5.32 Å². The van der Waals surface area contributed by atoms with Crippen molar-refractivity contribution in [3.05, 3.63) is 0 Å². The molecule has 0 rings (SSSR count). The SMILES string of the molecule is CC(C)NC(C)(CN(C)CC(F)F)C(=O)O. The zero-order valence-corrected chi connectivity index (χ0v) is 10.1. The number of rotatable bonds is 7. The third-order valence-electron chi connectivity index (χ3n) is 2.12. The maximum atomic E-state index is 12.1. The number of carboxylic acid groups (broad SMARTS) is 1. The van der Waals surface area contributed by atoms with Crippen LogP contribution in [0.3, 0.4) is 0 Å². The molecule has 0 spiro atoms. The smallest absolute Gasteiger partial charge is 0.324 e. The number of carbonyl (C=O) groups is 1. The van der Waals surface area contributed by atoms with Gasteiger partial charge in [0.05, 0.1) is 6.54 Å². The Morgan fingerprint density at radius 3 is 2.31 bits per heavy atom. The maximum absolute atomic E-state index is 12.1. The van der Waals surface area contributed by atoms with Crippen LogP contribution in [0.2, 0.25) is 0 Å². The number of likely N-dealkylation sites (N-methyl/N-ethyl adjacent to an activating group) is 1. The van der Waals surface area contributed by atoms with Gasteiger partial charge in [-0.15, -0.1) is 0 Å². The summed E-state index contributed by atoms with van der Waals surface area (Å²) in [5.41, 5.74) is -1.21. The van der Waals surface area contributed by atoms with Gasteiger partial charge in [-0.25, -0.2) is 8.78 Å². The highest BCUT2D eigenvalue weighted by atomic mass is 19.3. The summed E-state index contributed by atoms with van der Waals surface area (Å²) in [4.78, 5) is 12.4. The van der Waals surface area contributed by atoms with Crippen molar-refractivity contribution in [1.29, 1.82) is 0 Å². The van der Waals surface area contributed by atoms with Gasteiger partial charge in [-0.05, 0) is 27.8 Å². The van der Waals surface area contributed by atoms with E-state index in [0.29, 0.717) is 0 Å². The van der Waals surface area contributed by atoms with Crippen molar-refractivity contribution in [3.63, 3.8) is 0 Å². The molecule has 4 nitrogen and oxygen atoms in total. The van der Waals surface area contributed by atoms with E-state index in [1.54, 1.807) is 0 Å². The van der Waals surface area contributed by atoms with Crippen molar-refractivity contribution < 1.29 is 18.7 Å². The van der Waals surface area contributed by atoms with Gasteiger partial charge in [0, 0.05) is 12.6 Å². The molecule has 0 heterocycles. The Morgan fingerprint density at radius 1 is 1.50 bits per heavy atom. The highest BCUT2D eigenvalue weighted by Crippen LogP contribution is 2.09. The number of alkyl halides is 2. The summed E-state index contributed by atoms with van der Waals surface area (Å²) in [5.74, 6) is -1.04. The van der Waals surface area contributed by atoms with Gasteiger partial charge >= 0.3 is 5.97 Å². The fraction of sp³-hybridized carbons (Fsp3) is 0.900. The minimum absolute atomic E-state index is 0.0268. The van der Waals surface area contributed by atoms with Crippen LogP contribution in [-0.4, -0.2) is 54.1 Å². The number of nitrogens with one attached hydrogen (secondary N) is 1.